The Balaban J connectivity index is 2.94. The van der Waals surface area contributed by atoms with Crippen molar-refractivity contribution < 1.29 is 0 Å². The number of hydrogen-bond donors (Lipinski definition) is 2. The van der Waals surface area contributed by atoms with Crippen LogP contribution in [-0.4, -0.2) is 0 Å². The van der Waals surface area contributed by atoms with Crippen molar-refractivity contribution in [3.05, 3.63) is 23.2 Å². The molecule has 4 nitrogen and oxygen atoms in total. The Bertz CT molecular complexity index is 388. The van der Waals surface area contributed by atoms with Gasteiger partial charge < -0.3 is 0 Å². The van der Waals surface area contributed by atoms with E-state index in [1.54, 1.807) is 30.6 Å². The molecule has 1 aromatic carbocycles. The van der Waals surface area contributed by atoms with Gasteiger partial charge in [-0.05, 0) is 18.2 Å². The molecule has 0 aliphatic rings. The van der Waals surface area contributed by atoms with Gasteiger partial charge in [0.25, 0.3) is 0 Å². The SMILES string of the molecule is N#CNc1ccc(NC#N)c(Cl)c1. The summed E-state index contributed by atoms with van der Waals surface area (Å²) in [6.45, 7) is 0. The van der Waals surface area contributed by atoms with Crippen molar-refractivity contribution in [1.82, 2.24) is 0 Å². The summed E-state index contributed by atoms with van der Waals surface area (Å²) in [6, 6.07) is 4.82. The number of anilines is 2. The van der Waals surface area contributed by atoms with E-state index in [1.165, 1.54) is 0 Å². The van der Waals surface area contributed by atoms with E-state index in [2.05, 4.69) is 10.6 Å². The highest BCUT2D eigenvalue weighted by atomic mass is 35.5. The van der Waals surface area contributed by atoms with Crippen LogP contribution in [0.5, 0.6) is 0 Å². The summed E-state index contributed by atoms with van der Waals surface area (Å²) in [7, 11) is 0. The lowest BCUT2D eigenvalue weighted by Gasteiger charge is -2.02. The molecule has 0 amide bonds. The zero-order valence-corrected chi connectivity index (χ0v) is 7.26. The second kappa shape index (κ2) is 4.20. The van der Waals surface area contributed by atoms with Gasteiger partial charge >= 0.3 is 0 Å². The molecule has 0 radical (unpaired) electrons. The summed E-state index contributed by atoms with van der Waals surface area (Å²) in [5.41, 5.74) is 1.11. The van der Waals surface area contributed by atoms with E-state index in [0.717, 1.165) is 0 Å². The molecule has 0 bridgehead atoms. The first-order chi connectivity index (χ1) is 6.27. The van der Waals surface area contributed by atoms with Gasteiger partial charge in [-0.15, -0.1) is 0 Å². The second-order valence-corrected chi connectivity index (χ2v) is 2.58. The summed E-state index contributed by atoms with van der Waals surface area (Å²) in [6.07, 6.45) is 3.53. The van der Waals surface area contributed by atoms with Crippen LogP contribution in [0, 0.1) is 22.9 Å². The van der Waals surface area contributed by atoms with Crippen LogP contribution in [0.25, 0.3) is 0 Å². The third kappa shape index (κ3) is 2.26. The minimum atomic E-state index is 0.391. The standard InChI is InChI=1S/C8H5ClN4/c9-7-3-6(12-4-10)1-2-8(7)13-5-11/h1-3,12-13H. The Morgan fingerprint density at radius 3 is 2.38 bits per heavy atom. The molecule has 0 atom stereocenters. The first-order valence-electron chi connectivity index (χ1n) is 3.37. The lowest BCUT2D eigenvalue weighted by atomic mass is 10.3. The Morgan fingerprint density at radius 2 is 1.85 bits per heavy atom. The molecule has 64 valence electrons. The maximum Gasteiger partial charge on any atom is 0.181 e. The number of nitrogens with zero attached hydrogens (tertiary/aromatic N) is 2. The largest absolute Gasteiger partial charge is 0.293 e. The molecule has 0 aliphatic carbocycles. The number of rotatable bonds is 2. The summed E-state index contributed by atoms with van der Waals surface area (Å²) in [4.78, 5) is 0. The monoisotopic (exact) mass is 192 g/mol. The van der Waals surface area contributed by atoms with Crippen LogP contribution in [0.2, 0.25) is 5.02 Å². The van der Waals surface area contributed by atoms with E-state index in [9.17, 15) is 0 Å². The molecule has 13 heavy (non-hydrogen) atoms. The summed E-state index contributed by atoms with van der Waals surface area (Å²) in [5, 5.41) is 21.9. The van der Waals surface area contributed by atoms with E-state index in [4.69, 9.17) is 22.1 Å². The Kier molecular flexibility index (Phi) is 2.97. The molecule has 0 aromatic heterocycles. The molecular weight excluding hydrogens is 188 g/mol. The lowest BCUT2D eigenvalue weighted by molar-refractivity contribution is 1.45. The van der Waals surface area contributed by atoms with Crippen molar-refractivity contribution in [3.63, 3.8) is 0 Å². The van der Waals surface area contributed by atoms with Crippen molar-refractivity contribution >= 4 is 23.0 Å². The first kappa shape index (κ1) is 9.18. The summed E-state index contributed by atoms with van der Waals surface area (Å²) < 4.78 is 0. The topological polar surface area (TPSA) is 71.6 Å². The number of hydrogen-bond acceptors (Lipinski definition) is 4. The molecule has 1 rings (SSSR count). The van der Waals surface area contributed by atoms with Crippen molar-refractivity contribution in [1.29, 1.82) is 10.5 Å². The average molecular weight is 193 g/mol. The van der Waals surface area contributed by atoms with E-state index < -0.39 is 0 Å². The summed E-state index contributed by atoms with van der Waals surface area (Å²) >= 11 is 5.78. The van der Waals surface area contributed by atoms with Crippen LogP contribution in [0.15, 0.2) is 18.2 Å². The second-order valence-electron chi connectivity index (χ2n) is 2.17. The van der Waals surface area contributed by atoms with E-state index in [0.29, 0.717) is 16.4 Å². The third-order valence-electron chi connectivity index (χ3n) is 1.36. The fraction of sp³-hybridized carbons (Fsp3) is 0. The van der Waals surface area contributed by atoms with E-state index in [1.807, 2.05) is 0 Å². The van der Waals surface area contributed by atoms with Gasteiger partial charge in [0, 0.05) is 5.69 Å². The number of benzene rings is 1. The molecule has 0 saturated carbocycles. The molecule has 0 unspecified atom stereocenters. The third-order valence-corrected chi connectivity index (χ3v) is 1.67. The molecule has 0 fully saturated rings. The molecule has 0 heterocycles. The molecule has 0 aliphatic heterocycles. The van der Waals surface area contributed by atoms with Gasteiger partial charge in [0.1, 0.15) is 0 Å². The Hall–Kier alpha value is -1.91. The van der Waals surface area contributed by atoms with Crippen molar-refractivity contribution in [2.24, 2.45) is 0 Å². The highest BCUT2D eigenvalue weighted by molar-refractivity contribution is 6.33. The Labute approximate surface area is 80.3 Å². The van der Waals surface area contributed by atoms with Crippen LogP contribution in [0.3, 0.4) is 0 Å². The molecule has 2 N–H and O–H groups in total. The number of nitrogens with one attached hydrogen (secondary N) is 2. The van der Waals surface area contributed by atoms with Gasteiger partial charge in [0.15, 0.2) is 12.4 Å². The van der Waals surface area contributed by atoms with E-state index >= 15 is 0 Å². The van der Waals surface area contributed by atoms with Gasteiger partial charge in [-0.2, -0.15) is 10.5 Å². The zero-order chi connectivity index (χ0) is 9.68. The van der Waals surface area contributed by atoms with Gasteiger partial charge in [-0.25, -0.2) is 0 Å². The first-order valence-corrected chi connectivity index (χ1v) is 3.75. The molecule has 1 aromatic rings. The predicted octanol–water partition coefficient (Wildman–Crippen LogP) is 2.13. The van der Waals surface area contributed by atoms with Crippen LogP contribution >= 0.6 is 11.6 Å². The van der Waals surface area contributed by atoms with Crippen molar-refractivity contribution in [2.75, 3.05) is 10.6 Å². The van der Waals surface area contributed by atoms with Gasteiger partial charge in [-0.3, -0.25) is 10.6 Å². The van der Waals surface area contributed by atoms with Crippen LogP contribution < -0.4 is 10.6 Å². The molecule has 0 saturated heterocycles. The van der Waals surface area contributed by atoms with Crippen LogP contribution in [0.4, 0.5) is 11.4 Å². The van der Waals surface area contributed by atoms with Crippen molar-refractivity contribution in [2.45, 2.75) is 0 Å². The molecule has 0 spiro atoms. The number of halogens is 1. The minimum Gasteiger partial charge on any atom is -0.293 e. The maximum atomic E-state index is 8.33. The lowest BCUT2D eigenvalue weighted by Crippen LogP contribution is -1.91. The van der Waals surface area contributed by atoms with Gasteiger partial charge in [0.2, 0.25) is 0 Å². The fourth-order valence-electron chi connectivity index (χ4n) is 0.819. The highest BCUT2D eigenvalue weighted by Crippen LogP contribution is 2.24. The normalized spacial score (nSPS) is 8.23. The van der Waals surface area contributed by atoms with Crippen LogP contribution in [-0.2, 0) is 0 Å². The average Bonchev–Trinajstić information content (AvgIpc) is 2.10. The van der Waals surface area contributed by atoms with E-state index in [-0.39, 0.29) is 0 Å². The predicted molar refractivity (Wildman–Crippen MR) is 49.9 cm³/mol. The summed E-state index contributed by atoms with van der Waals surface area (Å²) in [5.74, 6) is 0. The minimum absolute atomic E-state index is 0.391. The zero-order valence-electron chi connectivity index (χ0n) is 6.50. The van der Waals surface area contributed by atoms with Gasteiger partial charge in [0.05, 0.1) is 10.7 Å². The van der Waals surface area contributed by atoms with Crippen LogP contribution in [0.1, 0.15) is 0 Å². The highest BCUT2D eigenvalue weighted by Gasteiger charge is 1.99. The van der Waals surface area contributed by atoms with Crippen molar-refractivity contribution in [3.8, 4) is 12.4 Å². The maximum absolute atomic E-state index is 8.33. The quantitative estimate of drug-likeness (QED) is 0.556. The molecular formula is C8H5ClN4. The fourth-order valence-corrected chi connectivity index (χ4v) is 1.05. The van der Waals surface area contributed by atoms with Gasteiger partial charge in [-0.1, -0.05) is 11.6 Å². The molecule has 5 heteroatoms. The Morgan fingerprint density at radius 1 is 1.15 bits per heavy atom. The smallest absolute Gasteiger partial charge is 0.181 e. The number of nitriles is 2.